The zero-order valence-corrected chi connectivity index (χ0v) is 18.5. The van der Waals surface area contributed by atoms with Gasteiger partial charge in [0.05, 0.1) is 11.5 Å². The number of sulfone groups is 1. The minimum absolute atomic E-state index is 0. The summed E-state index contributed by atoms with van der Waals surface area (Å²) in [5, 5.41) is 6.96. The van der Waals surface area contributed by atoms with Crippen molar-refractivity contribution in [2.24, 2.45) is 22.7 Å². The van der Waals surface area contributed by atoms with Crippen molar-refractivity contribution >= 4 is 39.8 Å². The first kappa shape index (κ1) is 21.3. The lowest BCUT2D eigenvalue weighted by molar-refractivity contribution is 0.150. The molecule has 4 unspecified atom stereocenters. The van der Waals surface area contributed by atoms with E-state index in [2.05, 4.69) is 22.5 Å². The van der Waals surface area contributed by atoms with Crippen LogP contribution in [-0.4, -0.2) is 45.0 Å². The van der Waals surface area contributed by atoms with Crippen molar-refractivity contribution < 1.29 is 8.42 Å². The van der Waals surface area contributed by atoms with Crippen LogP contribution in [0, 0.1) is 17.8 Å². The number of guanidine groups is 1. The van der Waals surface area contributed by atoms with Gasteiger partial charge in [-0.15, -0.1) is 24.0 Å². The number of nitrogens with zero attached hydrogens (tertiary/aromatic N) is 1. The van der Waals surface area contributed by atoms with E-state index in [9.17, 15) is 8.42 Å². The van der Waals surface area contributed by atoms with Crippen LogP contribution in [0.2, 0.25) is 0 Å². The van der Waals surface area contributed by atoms with Crippen LogP contribution in [0.5, 0.6) is 0 Å². The standard InChI is InChI=1S/C18H33N3O2S.HI/c1-2-19-18(20-12-14-9-10-24(22,23)13-14)21-17-8-7-15-5-3-4-6-16(15)11-17;/h14-17H,2-13H2,1H3,(H2,19,20,21);1H. The predicted octanol–water partition coefficient (Wildman–Crippen LogP) is 2.95. The van der Waals surface area contributed by atoms with Crippen LogP contribution in [-0.2, 0) is 9.84 Å². The van der Waals surface area contributed by atoms with Gasteiger partial charge in [0, 0.05) is 19.1 Å². The SMILES string of the molecule is CCNC(=NCC1CCS(=O)(=O)C1)NC1CCC2CCCCC2C1.I. The third-order valence-corrected chi connectivity index (χ3v) is 7.90. The molecule has 2 N–H and O–H groups in total. The van der Waals surface area contributed by atoms with Crippen LogP contribution >= 0.6 is 24.0 Å². The van der Waals surface area contributed by atoms with Crippen molar-refractivity contribution in [2.75, 3.05) is 24.6 Å². The monoisotopic (exact) mass is 483 g/mol. The Kier molecular flexibility index (Phi) is 8.30. The first-order chi connectivity index (χ1) is 11.6. The Morgan fingerprint density at radius 3 is 2.52 bits per heavy atom. The van der Waals surface area contributed by atoms with Gasteiger partial charge >= 0.3 is 0 Å². The van der Waals surface area contributed by atoms with Crippen LogP contribution in [0.4, 0.5) is 0 Å². The van der Waals surface area contributed by atoms with Crippen LogP contribution in [0.15, 0.2) is 4.99 Å². The highest BCUT2D eigenvalue weighted by atomic mass is 127. The number of hydrogen-bond acceptors (Lipinski definition) is 3. The molecule has 2 aliphatic carbocycles. The average molecular weight is 483 g/mol. The molecule has 0 spiro atoms. The van der Waals surface area contributed by atoms with Crippen molar-refractivity contribution in [3.63, 3.8) is 0 Å². The van der Waals surface area contributed by atoms with E-state index < -0.39 is 9.84 Å². The summed E-state index contributed by atoms with van der Waals surface area (Å²) in [7, 11) is -2.81. The quantitative estimate of drug-likeness (QED) is 0.367. The Labute approximate surface area is 170 Å². The molecule has 0 aromatic carbocycles. The smallest absolute Gasteiger partial charge is 0.191 e. The highest BCUT2D eigenvalue weighted by Gasteiger charge is 2.32. The maximum atomic E-state index is 11.6. The molecule has 1 heterocycles. The number of nitrogens with one attached hydrogen (secondary N) is 2. The molecule has 1 aliphatic heterocycles. The number of aliphatic imine (C=N–C) groups is 1. The Hall–Kier alpha value is -0.0500. The van der Waals surface area contributed by atoms with Crippen LogP contribution < -0.4 is 10.6 Å². The minimum Gasteiger partial charge on any atom is -0.357 e. The molecule has 3 rings (SSSR count). The fourth-order valence-electron chi connectivity index (χ4n) is 4.75. The summed E-state index contributed by atoms with van der Waals surface area (Å²) in [5.74, 6) is 3.57. The normalized spacial score (nSPS) is 34.7. The summed E-state index contributed by atoms with van der Waals surface area (Å²) in [4.78, 5) is 4.69. The molecule has 2 saturated carbocycles. The van der Waals surface area contributed by atoms with E-state index in [1.807, 2.05) is 0 Å². The van der Waals surface area contributed by atoms with Crippen LogP contribution in [0.1, 0.15) is 58.3 Å². The first-order valence-electron chi connectivity index (χ1n) is 9.81. The Morgan fingerprint density at radius 2 is 1.84 bits per heavy atom. The van der Waals surface area contributed by atoms with Gasteiger partial charge in [0.2, 0.25) is 0 Å². The molecule has 0 aromatic heterocycles. The van der Waals surface area contributed by atoms with Crippen molar-refractivity contribution in [3.8, 4) is 0 Å². The summed E-state index contributed by atoms with van der Waals surface area (Å²) in [6, 6.07) is 0.523. The average Bonchev–Trinajstić information content (AvgIpc) is 2.92. The van der Waals surface area contributed by atoms with Gasteiger partial charge in [-0.25, -0.2) is 8.42 Å². The van der Waals surface area contributed by atoms with E-state index >= 15 is 0 Å². The zero-order chi connectivity index (χ0) is 17.0. The number of halogens is 1. The van der Waals surface area contributed by atoms with Crippen molar-refractivity contribution in [1.82, 2.24) is 10.6 Å². The highest BCUT2D eigenvalue weighted by Crippen LogP contribution is 2.40. The molecular weight excluding hydrogens is 449 g/mol. The number of rotatable bonds is 4. The molecule has 0 bridgehead atoms. The van der Waals surface area contributed by atoms with Crippen molar-refractivity contribution in [1.29, 1.82) is 0 Å². The van der Waals surface area contributed by atoms with Gasteiger partial charge in [-0.2, -0.15) is 0 Å². The zero-order valence-electron chi connectivity index (χ0n) is 15.4. The molecule has 4 atom stereocenters. The number of hydrogen-bond donors (Lipinski definition) is 2. The fourth-order valence-corrected chi connectivity index (χ4v) is 6.60. The minimum atomic E-state index is -2.81. The first-order valence-corrected chi connectivity index (χ1v) is 11.6. The third kappa shape index (κ3) is 6.26. The van der Waals surface area contributed by atoms with Gasteiger partial charge in [-0.1, -0.05) is 25.7 Å². The predicted molar refractivity (Wildman–Crippen MR) is 114 cm³/mol. The largest absolute Gasteiger partial charge is 0.357 e. The lowest BCUT2D eigenvalue weighted by Gasteiger charge is -2.39. The summed E-state index contributed by atoms with van der Waals surface area (Å²) in [6.45, 7) is 3.54. The van der Waals surface area contributed by atoms with Gasteiger partial charge in [0.15, 0.2) is 15.8 Å². The lowest BCUT2D eigenvalue weighted by atomic mass is 9.69. The van der Waals surface area contributed by atoms with E-state index in [4.69, 9.17) is 0 Å². The van der Waals surface area contributed by atoms with E-state index in [0.717, 1.165) is 30.8 Å². The molecule has 25 heavy (non-hydrogen) atoms. The second kappa shape index (κ2) is 9.76. The highest BCUT2D eigenvalue weighted by molar-refractivity contribution is 14.0. The van der Waals surface area contributed by atoms with E-state index in [1.54, 1.807) is 0 Å². The molecule has 3 fully saturated rings. The maximum absolute atomic E-state index is 11.6. The second-order valence-corrected chi connectivity index (χ2v) is 10.2. The second-order valence-electron chi connectivity index (χ2n) is 7.95. The topological polar surface area (TPSA) is 70.6 Å². The van der Waals surface area contributed by atoms with Gasteiger partial charge in [-0.05, 0) is 50.4 Å². The molecule has 1 saturated heterocycles. The van der Waals surface area contributed by atoms with E-state index in [1.165, 1.54) is 44.9 Å². The molecule has 0 amide bonds. The van der Waals surface area contributed by atoms with Gasteiger partial charge in [-0.3, -0.25) is 4.99 Å². The molecule has 3 aliphatic rings. The summed E-state index contributed by atoms with van der Waals surface area (Å²) in [6.07, 6.45) is 10.3. The molecule has 5 nitrogen and oxygen atoms in total. The maximum Gasteiger partial charge on any atom is 0.191 e. The van der Waals surface area contributed by atoms with Crippen molar-refractivity contribution in [2.45, 2.75) is 64.3 Å². The number of fused-ring (bicyclic) bond motifs is 1. The fraction of sp³-hybridized carbons (Fsp3) is 0.944. The lowest BCUT2D eigenvalue weighted by Crippen LogP contribution is -2.47. The van der Waals surface area contributed by atoms with Crippen LogP contribution in [0.25, 0.3) is 0 Å². The molecule has 0 radical (unpaired) electrons. The van der Waals surface area contributed by atoms with Gasteiger partial charge in [0.25, 0.3) is 0 Å². The molecule has 0 aromatic rings. The van der Waals surface area contributed by atoms with E-state index in [-0.39, 0.29) is 29.9 Å². The molecule has 7 heteroatoms. The van der Waals surface area contributed by atoms with Crippen molar-refractivity contribution in [3.05, 3.63) is 0 Å². The Bertz CT molecular complexity index is 553. The molecular formula is C18H34IN3O2S. The van der Waals surface area contributed by atoms with Gasteiger partial charge in [0.1, 0.15) is 0 Å². The van der Waals surface area contributed by atoms with Crippen LogP contribution in [0.3, 0.4) is 0 Å². The summed E-state index contributed by atoms with van der Waals surface area (Å²) >= 11 is 0. The third-order valence-electron chi connectivity index (χ3n) is 6.06. The van der Waals surface area contributed by atoms with E-state index in [0.29, 0.717) is 24.1 Å². The molecule has 146 valence electrons. The Balaban J connectivity index is 0.00000225. The summed E-state index contributed by atoms with van der Waals surface area (Å²) in [5.41, 5.74) is 0. The Morgan fingerprint density at radius 1 is 1.08 bits per heavy atom. The summed E-state index contributed by atoms with van der Waals surface area (Å²) < 4.78 is 23.2. The van der Waals surface area contributed by atoms with Gasteiger partial charge < -0.3 is 10.6 Å².